The predicted molar refractivity (Wildman–Crippen MR) is 99.6 cm³/mol. The highest BCUT2D eigenvalue weighted by Gasteiger charge is 2.16. The second-order valence-electron chi connectivity index (χ2n) is 8.14. The van der Waals surface area contributed by atoms with Crippen LogP contribution in [0.3, 0.4) is 0 Å². The SMILES string of the molecule is CC(C)C(=O)NC1CCCCC1.CC(C)CNC1CCCCC1. The largest absolute Gasteiger partial charge is 0.353 e. The van der Waals surface area contributed by atoms with E-state index in [0.29, 0.717) is 6.04 Å². The molecule has 0 heterocycles. The van der Waals surface area contributed by atoms with Crippen molar-refractivity contribution in [3.05, 3.63) is 0 Å². The van der Waals surface area contributed by atoms with E-state index in [-0.39, 0.29) is 11.8 Å². The summed E-state index contributed by atoms with van der Waals surface area (Å²) < 4.78 is 0. The predicted octanol–water partition coefficient (Wildman–Crippen LogP) is 4.66. The topological polar surface area (TPSA) is 41.1 Å². The lowest BCUT2D eigenvalue weighted by Crippen LogP contribution is -2.38. The standard InChI is InChI=1S/C10H19NO.C10H21N/c1-8(2)10(12)11-9-6-4-3-5-7-9;1-9(2)8-11-10-6-4-3-5-7-10/h8-9H,3-7H2,1-2H3,(H,11,12);9-11H,3-8H2,1-2H3. The Kier molecular flexibility index (Phi) is 10.6. The Hall–Kier alpha value is -0.570. The molecular formula is C20H40N2O. The zero-order chi connectivity index (χ0) is 17.1. The number of rotatable bonds is 5. The zero-order valence-corrected chi connectivity index (χ0v) is 16.0. The van der Waals surface area contributed by atoms with E-state index < -0.39 is 0 Å². The van der Waals surface area contributed by atoms with Crippen molar-refractivity contribution in [2.75, 3.05) is 6.54 Å². The normalized spacial score (nSPS) is 20.3. The molecule has 0 unspecified atom stereocenters. The van der Waals surface area contributed by atoms with Crippen molar-refractivity contribution in [3.8, 4) is 0 Å². The summed E-state index contributed by atoms with van der Waals surface area (Å²) in [5.41, 5.74) is 0. The summed E-state index contributed by atoms with van der Waals surface area (Å²) in [5.74, 6) is 1.14. The Labute approximate surface area is 144 Å². The van der Waals surface area contributed by atoms with Crippen molar-refractivity contribution in [2.24, 2.45) is 11.8 Å². The third kappa shape index (κ3) is 10.0. The summed E-state index contributed by atoms with van der Waals surface area (Å²) in [6, 6.07) is 1.31. The first-order chi connectivity index (χ1) is 11.0. The summed E-state index contributed by atoms with van der Waals surface area (Å²) in [6.07, 6.45) is 13.4. The monoisotopic (exact) mass is 324 g/mol. The van der Waals surface area contributed by atoms with Gasteiger partial charge in [0.05, 0.1) is 0 Å². The van der Waals surface area contributed by atoms with Gasteiger partial charge in [0, 0.05) is 18.0 Å². The first-order valence-electron chi connectivity index (χ1n) is 10.0. The molecule has 2 N–H and O–H groups in total. The lowest BCUT2D eigenvalue weighted by atomic mass is 9.95. The van der Waals surface area contributed by atoms with Gasteiger partial charge >= 0.3 is 0 Å². The van der Waals surface area contributed by atoms with Crippen LogP contribution in [0.5, 0.6) is 0 Å². The van der Waals surface area contributed by atoms with Crippen molar-refractivity contribution in [3.63, 3.8) is 0 Å². The molecule has 0 bridgehead atoms. The Bertz CT molecular complexity index is 303. The summed E-state index contributed by atoms with van der Waals surface area (Å²) in [5, 5.41) is 6.70. The first-order valence-corrected chi connectivity index (χ1v) is 10.0. The van der Waals surface area contributed by atoms with Crippen molar-refractivity contribution >= 4 is 5.91 Å². The number of carbonyl (C=O) groups excluding carboxylic acids is 1. The molecule has 0 saturated heterocycles. The van der Waals surface area contributed by atoms with Gasteiger partial charge in [0.25, 0.3) is 0 Å². The average Bonchev–Trinajstić information content (AvgIpc) is 2.55. The Morgan fingerprint density at radius 2 is 1.30 bits per heavy atom. The smallest absolute Gasteiger partial charge is 0.222 e. The van der Waals surface area contributed by atoms with E-state index in [1.165, 1.54) is 70.8 Å². The van der Waals surface area contributed by atoms with Gasteiger partial charge in [0.1, 0.15) is 0 Å². The third-order valence-electron chi connectivity index (χ3n) is 4.90. The van der Waals surface area contributed by atoms with Crippen LogP contribution in [0, 0.1) is 11.8 Å². The molecule has 3 heteroatoms. The quantitative estimate of drug-likeness (QED) is 0.772. The highest BCUT2D eigenvalue weighted by atomic mass is 16.1. The van der Waals surface area contributed by atoms with E-state index >= 15 is 0 Å². The second-order valence-corrected chi connectivity index (χ2v) is 8.14. The van der Waals surface area contributed by atoms with Crippen LogP contribution >= 0.6 is 0 Å². The van der Waals surface area contributed by atoms with E-state index in [4.69, 9.17) is 0 Å². The molecular weight excluding hydrogens is 284 g/mol. The van der Waals surface area contributed by atoms with Crippen LogP contribution in [-0.2, 0) is 4.79 Å². The third-order valence-corrected chi connectivity index (χ3v) is 4.90. The van der Waals surface area contributed by atoms with Crippen molar-refractivity contribution in [2.45, 2.75) is 104 Å². The minimum Gasteiger partial charge on any atom is -0.353 e. The fourth-order valence-corrected chi connectivity index (χ4v) is 3.32. The molecule has 0 radical (unpaired) electrons. The van der Waals surface area contributed by atoms with Gasteiger partial charge in [0.2, 0.25) is 5.91 Å². The lowest BCUT2D eigenvalue weighted by Gasteiger charge is -2.23. The van der Waals surface area contributed by atoms with Crippen molar-refractivity contribution in [1.82, 2.24) is 10.6 Å². The summed E-state index contributed by atoms with van der Waals surface area (Å²) in [4.78, 5) is 11.3. The highest BCUT2D eigenvalue weighted by molar-refractivity contribution is 5.78. The molecule has 0 atom stereocenters. The summed E-state index contributed by atoms with van der Waals surface area (Å²) in [7, 11) is 0. The van der Waals surface area contributed by atoms with E-state index in [2.05, 4.69) is 24.5 Å². The van der Waals surface area contributed by atoms with Crippen LogP contribution in [0.2, 0.25) is 0 Å². The maximum Gasteiger partial charge on any atom is 0.222 e. The van der Waals surface area contributed by atoms with Gasteiger partial charge in [-0.05, 0) is 38.1 Å². The van der Waals surface area contributed by atoms with Gasteiger partial charge in [-0.25, -0.2) is 0 Å². The Morgan fingerprint density at radius 3 is 1.74 bits per heavy atom. The summed E-state index contributed by atoms with van der Waals surface area (Å²) >= 11 is 0. The molecule has 0 aromatic heterocycles. The van der Waals surface area contributed by atoms with Gasteiger partial charge in [-0.1, -0.05) is 66.2 Å². The molecule has 2 aliphatic carbocycles. The van der Waals surface area contributed by atoms with Gasteiger partial charge in [-0.3, -0.25) is 4.79 Å². The zero-order valence-electron chi connectivity index (χ0n) is 16.0. The number of hydrogen-bond acceptors (Lipinski definition) is 2. The lowest BCUT2D eigenvalue weighted by molar-refractivity contribution is -0.124. The Balaban J connectivity index is 0.000000231. The van der Waals surface area contributed by atoms with E-state index in [9.17, 15) is 4.79 Å². The number of hydrogen-bond donors (Lipinski definition) is 2. The van der Waals surface area contributed by atoms with E-state index in [1.807, 2.05) is 13.8 Å². The van der Waals surface area contributed by atoms with E-state index in [0.717, 1.165) is 12.0 Å². The Morgan fingerprint density at radius 1 is 0.826 bits per heavy atom. The number of nitrogens with one attached hydrogen (secondary N) is 2. The van der Waals surface area contributed by atoms with E-state index in [1.54, 1.807) is 0 Å². The molecule has 3 nitrogen and oxygen atoms in total. The molecule has 2 aliphatic rings. The molecule has 0 aromatic rings. The fourth-order valence-electron chi connectivity index (χ4n) is 3.32. The molecule has 1 amide bonds. The van der Waals surface area contributed by atoms with Gasteiger partial charge in [-0.2, -0.15) is 0 Å². The molecule has 2 fully saturated rings. The first kappa shape index (κ1) is 20.5. The minimum atomic E-state index is 0.131. The average molecular weight is 325 g/mol. The van der Waals surface area contributed by atoms with Crippen LogP contribution in [0.1, 0.15) is 91.9 Å². The number of amides is 1. The molecule has 0 aliphatic heterocycles. The van der Waals surface area contributed by atoms with Crippen molar-refractivity contribution < 1.29 is 4.79 Å². The van der Waals surface area contributed by atoms with Crippen LogP contribution in [-0.4, -0.2) is 24.5 Å². The molecule has 0 aromatic carbocycles. The maximum atomic E-state index is 11.3. The fraction of sp³-hybridized carbons (Fsp3) is 0.950. The summed E-state index contributed by atoms with van der Waals surface area (Å²) in [6.45, 7) is 9.63. The van der Waals surface area contributed by atoms with Crippen molar-refractivity contribution in [1.29, 1.82) is 0 Å². The molecule has 2 rings (SSSR count). The van der Waals surface area contributed by atoms with Gasteiger partial charge < -0.3 is 10.6 Å². The number of carbonyl (C=O) groups is 1. The van der Waals surface area contributed by atoms with Gasteiger partial charge in [-0.15, -0.1) is 0 Å². The molecule has 0 spiro atoms. The molecule has 2 saturated carbocycles. The molecule has 23 heavy (non-hydrogen) atoms. The van der Waals surface area contributed by atoms with Gasteiger partial charge in [0.15, 0.2) is 0 Å². The highest BCUT2D eigenvalue weighted by Crippen LogP contribution is 2.18. The maximum absolute atomic E-state index is 11.3. The van der Waals surface area contributed by atoms with Crippen LogP contribution in [0.4, 0.5) is 0 Å². The molecule has 136 valence electrons. The van der Waals surface area contributed by atoms with Crippen LogP contribution in [0.25, 0.3) is 0 Å². The second kappa shape index (κ2) is 11.9. The van der Waals surface area contributed by atoms with Crippen LogP contribution < -0.4 is 10.6 Å². The minimum absolute atomic E-state index is 0.131. The van der Waals surface area contributed by atoms with Crippen LogP contribution in [0.15, 0.2) is 0 Å².